The second-order valence-electron chi connectivity index (χ2n) is 3.89. The second-order valence-corrected chi connectivity index (χ2v) is 3.89. The van der Waals surface area contributed by atoms with E-state index in [1.807, 2.05) is 13.8 Å². The Hall–Kier alpha value is -0.120. The lowest BCUT2D eigenvalue weighted by Gasteiger charge is -2.35. The highest BCUT2D eigenvalue weighted by Gasteiger charge is 2.40. The Kier molecular flexibility index (Phi) is 3.06. The molecule has 11 heavy (non-hydrogen) atoms. The molecule has 1 unspecified atom stereocenters. The Bertz CT molecular complexity index is 122. The molecule has 0 aromatic heterocycles. The molecular weight excluding hydrogens is 144 g/mol. The number of aliphatic hydroxyl groups is 3. The highest BCUT2D eigenvalue weighted by molar-refractivity contribution is 4.85. The van der Waals surface area contributed by atoms with Crippen LogP contribution < -0.4 is 0 Å². The van der Waals surface area contributed by atoms with Crippen molar-refractivity contribution in [2.24, 2.45) is 5.92 Å². The minimum atomic E-state index is -2.02. The molecule has 1 atom stereocenters. The number of hydrogen-bond acceptors (Lipinski definition) is 3. The van der Waals surface area contributed by atoms with Gasteiger partial charge in [-0.05, 0) is 26.2 Å². The molecular formula is C8H18O3. The summed E-state index contributed by atoms with van der Waals surface area (Å²) in [5.41, 5.74) is -1.43. The van der Waals surface area contributed by atoms with Gasteiger partial charge in [0.15, 0.2) is 5.79 Å². The van der Waals surface area contributed by atoms with E-state index >= 15 is 0 Å². The van der Waals surface area contributed by atoms with Crippen LogP contribution in [0.15, 0.2) is 0 Å². The molecule has 0 heterocycles. The van der Waals surface area contributed by atoms with E-state index < -0.39 is 11.4 Å². The van der Waals surface area contributed by atoms with Crippen molar-refractivity contribution in [3.05, 3.63) is 0 Å². The smallest absolute Gasteiger partial charge is 0.189 e. The van der Waals surface area contributed by atoms with Gasteiger partial charge in [0.05, 0.1) is 0 Å². The van der Waals surface area contributed by atoms with Crippen molar-refractivity contribution >= 4 is 0 Å². The summed E-state index contributed by atoms with van der Waals surface area (Å²) in [6.07, 6.45) is 0.372. The van der Waals surface area contributed by atoms with Crippen LogP contribution in [0, 0.1) is 5.92 Å². The van der Waals surface area contributed by atoms with Crippen LogP contribution in [0.5, 0.6) is 0 Å². The molecule has 0 saturated carbocycles. The fraction of sp³-hybridized carbons (Fsp3) is 1.00. The summed E-state index contributed by atoms with van der Waals surface area (Å²) in [6.45, 7) is 6.45. The molecule has 0 aromatic rings. The number of hydrogen-bond donors (Lipinski definition) is 3. The molecule has 3 heteroatoms. The first-order chi connectivity index (χ1) is 4.67. The van der Waals surface area contributed by atoms with Gasteiger partial charge in [-0.15, -0.1) is 0 Å². The molecule has 0 aliphatic carbocycles. The summed E-state index contributed by atoms with van der Waals surface area (Å²) in [5, 5.41) is 27.7. The topological polar surface area (TPSA) is 60.7 Å². The minimum Gasteiger partial charge on any atom is -0.385 e. The van der Waals surface area contributed by atoms with Gasteiger partial charge in [0.25, 0.3) is 0 Å². The first-order valence-electron chi connectivity index (χ1n) is 3.84. The normalized spacial score (nSPS) is 18.5. The largest absolute Gasteiger partial charge is 0.385 e. The Morgan fingerprint density at radius 3 is 1.55 bits per heavy atom. The minimum absolute atomic E-state index is 0.239. The van der Waals surface area contributed by atoms with E-state index in [1.54, 1.807) is 0 Å². The third-order valence-corrected chi connectivity index (χ3v) is 1.83. The van der Waals surface area contributed by atoms with Crippen LogP contribution in [-0.2, 0) is 0 Å². The Morgan fingerprint density at radius 1 is 1.09 bits per heavy atom. The van der Waals surface area contributed by atoms with Crippen molar-refractivity contribution in [2.75, 3.05) is 0 Å². The average molecular weight is 162 g/mol. The van der Waals surface area contributed by atoms with Crippen LogP contribution >= 0.6 is 0 Å². The van der Waals surface area contributed by atoms with Crippen LogP contribution in [0.3, 0.4) is 0 Å². The lowest BCUT2D eigenvalue weighted by molar-refractivity contribution is -0.261. The molecule has 0 spiro atoms. The zero-order valence-corrected chi connectivity index (χ0v) is 7.63. The highest BCUT2D eigenvalue weighted by atomic mass is 16.5. The maximum Gasteiger partial charge on any atom is 0.189 e. The van der Waals surface area contributed by atoms with Crippen molar-refractivity contribution in [1.29, 1.82) is 0 Å². The van der Waals surface area contributed by atoms with Gasteiger partial charge in [-0.3, -0.25) is 0 Å². The molecule has 0 fully saturated rings. The van der Waals surface area contributed by atoms with Crippen LogP contribution in [0.1, 0.15) is 34.1 Å². The first-order valence-corrected chi connectivity index (χ1v) is 3.84. The van der Waals surface area contributed by atoms with Crippen molar-refractivity contribution in [1.82, 2.24) is 0 Å². The molecule has 0 aromatic carbocycles. The van der Waals surface area contributed by atoms with Gasteiger partial charge in [0.2, 0.25) is 0 Å². The van der Waals surface area contributed by atoms with Gasteiger partial charge in [-0.25, -0.2) is 0 Å². The quantitative estimate of drug-likeness (QED) is 0.529. The van der Waals surface area contributed by atoms with E-state index in [9.17, 15) is 5.11 Å². The fourth-order valence-corrected chi connectivity index (χ4v) is 0.988. The Balaban J connectivity index is 4.22. The fourth-order valence-electron chi connectivity index (χ4n) is 0.988. The van der Waals surface area contributed by atoms with E-state index in [4.69, 9.17) is 10.2 Å². The maximum atomic E-state index is 9.52. The van der Waals surface area contributed by atoms with Gasteiger partial charge in [-0.2, -0.15) is 0 Å². The molecule has 0 saturated heterocycles. The maximum absolute atomic E-state index is 9.52. The lowest BCUT2D eigenvalue weighted by Crippen LogP contribution is -2.50. The molecule has 0 amide bonds. The van der Waals surface area contributed by atoms with Crippen molar-refractivity contribution in [3.63, 3.8) is 0 Å². The molecule has 68 valence electrons. The van der Waals surface area contributed by atoms with Crippen molar-refractivity contribution < 1.29 is 15.3 Å². The third kappa shape index (κ3) is 3.18. The summed E-state index contributed by atoms with van der Waals surface area (Å²) in [6, 6.07) is 0. The molecule has 0 radical (unpaired) electrons. The second kappa shape index (κ2) is 3.09. The zero-order valence-electron chi connectivity index (χ0n) is 7.63. The van der Waals surface area contributed by atoms with Gasteiger partial charge < -0.3 is 15.3 Å². The molecule has 0 rings (SSSR count). The summed E-state index contributed by atoms with van der Waals surface area (Å²) < 4.78 is 0. The van der Waals surface area contributed by atoms with Crippen LogP contribution in [-0.4, -0.2) is 26.7 Å². The van der Waals surface area contributed by atoms with Gasteiger partial charge >= 0.3 is 0 Å². The SMILES string of the molecule is CC(C)CC(C)(O)C(C)(O)O. The van der Waals surface area contributed by atoms with Crippen LogP contribution in [0.25, 0.3) is 0 Å². The molecule has 0 aliphatic heterocycles. The highest BCUT2D eigenvalue weighted by Crippen LogP contribution is 2.26. The standard InChI is InChI=1S/C8H18O3/c1-6(2)5-7(3,9)8(4,10)11/h6,9-11H,5H2,1-4H3. The number of rotatable bonds is 3. The summed E-state index contributed by atoms with van der Waals surface area (Å²) in [7, 11) is 0. The average Bonchev–Trinajstić information content (AvgIpc) is 1.56. The Labute approximate surface area is 67.7 Å². The molecule has 0 bridgehead atoms. The van der Waals surface area contributed by atoms with Gasteiger partial charge in [0.1, 0.15) is 5.60 Å². The summed E-state index contributed by atoms with van der Waals surface area (Å²) in [5.74, 6) is -1.78. The summed E-state index contributed by atoms with van der Waals surface area (Å²) in [4.78, 5) is 0. The zero-order chi connectivity index (χ0) is 9.28. The van der Waals surface area contributed by atoms with E-state index in [0.717, 1.165) is 0 Å². The van der Waals surface area contributed by atoms with Crippen molar-refractivity contribution in [3.8, 4) is 0 Å². The van der Waals surface area contributed by atoms with E-state index in [0.29, 0.717) is 6.42 Å². The third-order valence-electron chi connectivity index (χ3n) is 1.83. The van der Waals surface area contributed by atoms with Gasteiger partial charge in [-0.1, -0.05) is 13.8 Å². The first kappa shape index (κ1) is 10.9. The molecule has 0 aliphatic rings. The molecule has 3 N–H and O–H groups in total. The van der Waals surface area contributed by atoms with Crippen LogP contribution in [0.2, 0.25) is 0 Å². The van der Waals surface area contributed by atoms with Gasteiger partial charge in [0, 0.05) is 0 Å². The Morgan fingerprint density at radius 2 is 1.45 bits per heavy atom. The van der Waals surface area contributed by atoms with Crippen molar-refractivity contribution in [2.45, 2.75) is 45.5 Å². The summed E-state index contributed by atoms with van der Waals surface area (Å²) >= 11 is 0. The predicted octanol–water partition coefficient (Wildman–Crippen LogP) is 0.484. The predicted molar refractivity (Wildman–Crippen MR) is 42.9 cm³/mol. The molecule has 3 nitrogen and oxygen atoms in total. The van der Waals surface area contributed by atoms with E-state index in [-0.39, 0.29) is 5.92 Å². The van der Waals surface area contributed by atoms with E-state index in [2.05, 4.69) is 0 Å². The monoisotopic (exact) mass is 162 g/mol. The van der Waals surface area contributed by atoms with E-state index in [1.165, 1.54) is 13.8 Å². The lowest BCUT2D eigenvalue weighted by atomic mass is 9.87. The van der Waals surface area contributed by atoms with Crippen LogP contribution in [0.4, 0.5) is 0 Å².